The van der Waals surface area contributed by atoms with Crippen LogP contribution < -0.4 is 0 Å². The molecule has 3 unspecified atom stereocenters. The Labute approximate surface area is 101 Å². The van der Waals surface area contributed by atoms with Gasteiger partial charge < -0.3 is 0 Å². The predicted molar refractivity (Wildman–Crippen MR) is 69.7 cm³/mol. The van der Waals surface area contributed by atoms with Crippen LogP contribution in [-0.4, -0.2) is 48.1 Å². The Balaban J connectivity index is 1.81. The van der Waals surface area contributed by atoms with Crippen LogP contribution in [0.4, 0.5) is 0 Å². The molecule has 0 bridgehead atoms. The molecule has 2 fully saturated rings. The first-order valence-corrected chi connectivity index (χ1v) is 7.18. The molecule has 2 nitrogen and oxygen atoms in total. The molecular formula is C14H28N2. The summed E-state index contributed by atoms with van der Waals surface area (Å²) in [6, 6.07) is 1.67. The van der Waals surface area contributed by atoms with Crippen LogP contribution in [0.5, 0.6) is 0 Å². The maximum atomic E-state index is 2.73. The van der Waals surface area contributed by atoms with Crippen LogP contribution in [0.25, 0.3) is 0 Å². The standard InChI is InChI=1S/C14H28N2/c1-4-12(2)10-13(3)16-9-8-15-7-5-6-14(15)11-16/h12-14H,4-11H2,1-3H3. The monoisotopic (exact) mass is 224 g/mol. The summed E-state index contributed by atoms with van der Waals surface area (Å²) in [5, 5.41) is 0. The largest absolute Gasteiger partial charge is 0.298 e. The first-order valence-electron chi connectivity index (χ1n) is 7.18. The van der Waals surface area contributed by atoms with Gasteiger partial charge in [-0.05, 0) is 38.6 Å². The van der Waals surface area contributed by atoms with Crippen LogP contribution in [0.15, 0.2) is 0 Å². The topological polar surface area (TPSA) is 6.48 Å². The van der Waals surface area contributed by atoms with Gasteiger partial charge in [-0.2, -0.15) is 0 Å². The number of piperazine rings is 1. The van der Waals surface area contributed by atoms with Gasteiger partial charge in [0.05, 0.1) is 0 Å². The zero-order chi connectivity index (χ0) is 11.5. The lowest BCUT2D eigenvalue weighted by molar-refractivity contribution is 0.0690. The maximum absolute atomic E-state index is 2.73. The summed E-state index contributed by atoms with van der Waals surface area (Å²) in [5.41, 5.74) is 0. The van der Waals surface area contributed by atoms with Crippen molar-refractivity contribution in [3.8, 4) is 0 Å². The normalized spacial score (nSPS) is 31.3. The fourth-order valence-electron chi connectivity index (χ4n) is 3.31. The van der Waals surface area contributed by atoms with Crippen molar-refractivity contribution in [3.63, 3.8) is 0 Å². The molecule has 16 heavy (non-hydrogen) atoms. The lowest BCUT2D eigenvalue weighted by Gasteiger charge is -2.41. The van der Waals surface area contributed by atoms with E-state index in [-0.39, 0.29) is 0 Å². The molecule has 2 rings (SSSR count). The minimum Gasteiger partial charge on any atom is -0.298 e. The smallest absolute Gasteiger partial charge is 0.0224 e. The molecule has 0 amide bonds. The molecule has 2 aliphatic rings. The molecule has 0 spiro atoms. The molecule has 0 aromatic heterocycles. The van der Waals surface area contributed by atoms with E-state index in [0.717, 1.165) is 18.0 Å². The van der Waals surface area contributed by atoms with Crippen LogP contribution in [0.2, 0.25) is 0 Å². The number of nitrogens with zero attached hydrogens (tertiary/aromatic N) is 2. The molecule has 2 heterocycles. The molecule has 0 radical (unpaired) electrons. The van der Waals surface area contributed by atoms with Crippen LogP contribution >= 0.6 is 0 Å². The summed E-state index contributed by atoms with van der Waals surface area (Å²) in [6.07, 6.45) is 5.57. The Hall–Kier alpha value is -0.0800. The van der Waals surface area contributed by atoms with E-state index in [0.29, 0.717) is 0 Å². The molecule has 0 aromatic carbocycles. The highest BCUT2D eigenvalue weighted by molar-refractivity contribution is 4.88. The summed E-state index contributed by atoms with van der Waals surface area (Å²) in [6.45, 7) is 12.4. The highest BCUT2D eigenvalue weighted by Gasteiger charge is 2.32. The van der Waals surface area contributed by atoms with E-state index in [1.807, 2.05) is 0 Å². The number of hydrogen-bond acceptors (Lipinski definition) is 2. The zero-order valence-corrected chi connectivity index (χ0v) is 11.3. The van der Waals surface area contributed by atoms with E-state index in [2.05, 4.69) is 30.6 Å². The summed E-state index contributed by atoms with van der Waals surface area (Å²) in [5.74, 6) is 0.886. The van der Waals surface area contributed by atoms with Crippen LogP contribution in [-0.2, 0) is 0 Å². The van der Waals surface area contributed by atoms with Crippen molar-refractivity contribution < 1.29 is 0 Å². The third kappa shape index (κ3) is 2.78. The van der Waals surface area contributed by atoms with Crippen molar-refractivity contribution in [1.29, 1.82) is 0 Å². The van der Waals surface area contributed by atoms with Crippen molar-refractivity contribution in [1.82, 2.24) is 9.80 Å². The molecule has 0 saturated carbocycles. The Kier molecular flexibility index (Phi) is 4.26. The second-order valence-electron chi connectivity index (χ2n) is 5.93. The Morgan fingerprint density at radius 1 is 1.19 bits per heavy atom. The van der Waals surface area contributed by atoms with E-state index in [4.69, 9.17) is 0 Å². The number of hydrogen-bond donors (Lipinski definition) is 0. The van der Waals surface area contributed by atoms with Gasteiger partial charge >= 0.3 is 0 Å². The fraction of sp³-hybridized carbons (Fsp3) is 1.00. The van der Waals surface area contributed by atoms with Gasteiger partial charge in [-0.25, -0.2) is 0 Å². The minimum absolute atomic E-state index is 0.790. The van der Waals surface area contributed by atoms with Gasteiger partial charge in [-0.3, -0.25) is 9.80 Å². The van der Waals surface area contributed by atoms with Crippen molar-refractivity contribution in [2.24, 2.45) is 5.92 Å². The van der Waals surface area contributed by atoms with Crippen LogP contribution in [0.3, 0.4) is 0 Å². The quantitative estimate of drug-likeness (QED) is 0.724. The molecule has 2 heteroatoms. The minimum atomic E-state index is 0.790. The van der Waals surface area contributed by atoms with Gasteiger partial charge in [-0.1, -0.05) is 20.3 Å². The summed E-state index contributed by atoms with van der Waals surface area (Å²) >= 11 is 0. The van der Waals surface area contributed by atoms with Gasteiger partial charge in [0.15, 0.2) is 0 Å². The Morgan fingerprint density at radius 3 is 2.75 bits per heavy atom. The van der Waals surface area contributed by atoms with E-state index < -0.39 is 0 Å². The van der Waals surface area contributed by atoms with E-state index in [1.165, 1.54) is 51.9 Å². The molecule has 0 N–H and O–H groups in total. The lowest BCUT2D eigenvalue weighted by Crippen LogP contribution is -2.53. The van der Waals surface area contributed by atoms with Crippen molar-refractivity contribution >= 4 is 0 Å². The van der Waals surface area contributed by atoms with E-state index in [9.17, 15) is 0 Å². The van der Waals surface area contributed by atoms with Crippen LogP contribution in [0.1, 0.15) is 46.5 Å². The summed E-state index contributed by atoms with van der Waals surface area (Å²) in [7, 11) is 0. The number of fused-ring (bicyclic) bond motifs is 1. The molecular weight excluding hydrogens is 196 g/mol. The third-order valence-electron chi connectivity index (χ3n) is 4.68. The van der Waals surface area contributed by atoms with Crippen molar-refractivity contribution in [2.45, 2.75) is 58.5 Å². The molecule has 0 aromatic rings. The maximum Gasteiger partial charge on any atom is 0.0224 e. The number of rotatable bonds is 4. The van der Waals surface area contributed by atoms with Gasteiger partial charge in [0.1, 0.15) is 0 Å². The zero-order valence-electron chi connectivity index (χ0n) is 11.3. The van der Waals surface area contributed by atoms with Gasteiger partial charge in [0.25, 0.3) is 0 Å². The SMILES string of the molecule is CCC(C)CC(C)N1CCN2CCCC2C1. The second-order valence-corrected chi connectivity index (χ2v) is 5.93. The molecule has 94 valence electrons. The van der Waals surface area contributed by atoms with E-state index >= 15 is 0 Å². The average Bonchev–Trinajstić information content (AvgIpc) is 2.75. The first-order chi connectivity index (χ1) is 7.70. The Morgan fingerprint density at radius 2 is 2.00 bits per heavy atom. The summed E-state index contributed by atoms with van der Waals surface area (Å²) < 4.78 is 0. The third-order valence-corrected chi connectivity index (χ3v) is 4.68. The molecule has 2 saturated heterocycles. The highest BCUT2D eigenvalue weighted by atomic mass is 15.3. The first kappa shape index (κ1) is 12.4. The van der Waals surface area contributed by atoms with Crippen molar-refractivity contribution in [3.05, 3.63) is 0 Å². The fourth-order valence-corrected chi connectivity index (χ4v) is 3.31. The summed E-state index contributed by atoms with van der Waals surface area (Å²) in [4.78, 5) is 5.44. The Bertz CT molecular complexity index is 217. The lowest BCUT2D eigenvalue weighted by atomic mass is 9.98. The highest BCUT2D eigenvalue weighted by Crippen LogP contribution is 2.24. The molecule has 3 atom stereocenters. The second kappa shape index (κ2) is 5.50. The predicted octanol–water partition coefficient (Wildman–Crippen LogP) is 2.59. The van der Waals surface area contributed by atoms with Gasteiger partial charge in [0, 0.05) is 31.7 Å². The van der Waals surface area contributed by atoms with Gasteiger partial charge in [-0.15, -0.1) is 0 Å². The van der Waals surface area contributed by atoms with E-state index in [1.54, 1.807) is 0 Å². The average molecular weight is 224 g/mol. The molecule has 0 aliphatic carbocycles. The van der Waals surface area contributed by atoms with Crippen molar-refractivity contribution in [2.75, 3.05) is 26.2 Å². The molecule has 2 aliphatic heterocycles. The van der Waals surface area contributed by atoms with Crippen LogP contribution in [0, 0.1) is 5.92 Å². The van der Waals surface area contributed by atoms with Gasteiger partial charge in [0.2, 0.25) is 0 Å².